The van der Waals surface area contributed by atoms with Crippen LogP contribution in [0.5, 0.6) is 17.4 Å². The van der Waals surface area contributed by atoms with E-state index in [1.54, 1.807) is 12.1 Å². The molecule has 0 bridgehead atoms. The van der Waals surface area contributed by atoms with Gasteiger partial charge in [0, 0.05) is 16.8 Å². The predicted molar refractivity (Wildman–Crippen MR) is 103 cm³/mol. The van der Waals surface area contributed by atoms with Crippen molar-refractivity contribution in [3.8, 4) is 28.6 Å². The molecule has 2 aromatic carbocycles. The van der Waals surface area contributed by atoms with Gasteiger partial charge in [0.1, 0.15) is 0 Å². The lowest BCUT2D eigenvalue weighted by molar-refractivity contribution is 0.224. The summed E-state index contributed by atoms with van der Waals surface area (Å²) < 4.78 is 11.3. The van der Waals surface area contributed by atoms with Crippen LogP contribution in [0.15, 0.2) is 47.6 Å². The molecule has 27 heavy (non-hydrogen) atoms. The van der Waals surface area contributed by atoms with Crippen LogP contribution < -0.4 is 14.8 Å². The molecule has 0 amide bonds. The van der Waals surface area contributed by atoms with Crippen molar-refractivity contribution in [3.63, 3.8) is 0 Å². The van der Waals surface area contributed by atoms with Gasteiger partial charge in [-0.1, -0.05) is 36.9 Å². The highest BCUT2D eigenvalue weighted by Crippen LogP contribution is 2.40. The molecular formula is C19H18N4O3S. The van der Waals surface area contributed by atoms with Gasteiger partial charge < -0.3 is 19.9 Å². The minimum atomic E-state index is -0.555. The van der Waals surface area contributed by atoms with E-state index in [9.17, 15) is 5.11 Å². The van der Waals surface area contributed by atoms with Crippen molar-refractivity contribution >= 4 is 17.4 Å². The van der Waals surface area contributed by atoms with Gasteiger partial charge >= 0.3 is 0 Å². The first-order chi connectivity index (χ1) is 13.2. The van der Waals surface area contributed by atoms with Crippen LogP contribution in [0, 0.1) is 0 Å². The number of fused-ring (bicyclic) bond motifs is 3. The summed E-state index contributed by atoms with van der Waals surface area (Å²) in [4.78, 5) is 4.53. The molecule has 0 saturated heterocycles. The van der Waals surface area contributed by atoms with Crippen LogP contribution in [0.25, 0.3) is 11.3 Å². The number of phenols is 1. The molecule has 1 unspecified atom stereocenters. The van der Waals surface area contributed by atoms with Crippen molar-refractivity contribution in [1.29, 1.82) is 0 Å². The number of rotatable bonds is 4. The number of phenolic OH excluding ortho intramolecular Hbond substituents is 1. The topological polar surface area (TPSA) is 89.4 Å². The second-order valence-electron chi connectivity index (χ2n) is 5.80. The molecule has 2 N–H and O–H groups in total. The number of aromatic hydroxyl groups is 1. The van der Waals surface area contributed by atoms with E-state index in [-0.39, 0.29) is 5.75 Å². The summed E-state index contributed by atoms with van der Waals surface area (Å²) in [6.07, 6.45) is -0.555. The molecule has 0 aliphatic carbocycles. The summed E-state index contributed by atoms with van der Waals surface area (Å²) in [5.41, 5.74) is 3.03. The molecule has 0 radical (unpaired) electrons. The maximum atomic E-state index is 10.1. The van der Waals surface area contributed by atoms with E-state index < -0.39 is 6.23 Å². The zero-order valence-electron chi connectivity index (χ0n) is 14.8. The molecule has 138 valence electrons. The largest absolute Gasteiger partial charge is 0.504 e. The molecule has 3 aromatic rings. The SMILES string of the molecule is CCSc1nnc2c(n1)OC(c1ccc(OC)c(O)c1)Nc1ccccc1-2. The molecule has 0 fully saturated rings. The second kappa shape index (κ2) is 7.32. The average molecular weight is 382 g/mol. The van der Waals surface area contributed by atoms with Gasteiger partial charge in [0.2, 0.25) is 11.0 Å². The smallest absolute Gasteiger partial charge is 0.247 e. The highest BCUT2D eigenvalue weighted by atomic mass is 32.2. The number of hydrogen-bond acceptors (Lipinski definition) is 8. The number of nitrogens with one attached hydrogen (secondary N) is 1. The van der Waals surface area contributed by atoms with Crippen molar-refractivity contribution in [2.75, 3.05) is 18.2 Å². The molecule has 0 spiro atoms. The lowest BCUT2D eigenvalue weighted by atomic mass is 10.1. The Bertz CT molecular complexity index is 983. The van der Waals surface area contributed by atoms with E-state index in [4.69, 9.17) is 9.47 Å². The van der Waals surface area contributed by atoms with E-state index >= 15 is 0 Å². The summed E-state index contributed by atoms with van der Waals surface area (Å²) in [7, 11) is 1.51. The van der Waals surface area contributed by atoms with E-state index in [2.05, 4.69) is 20.5 Å². The first-order valence-corrected chi connectivity index (χ1v) is 9.45. The van der Waals surface area contributed by atoms with Gasteiger partial charge in [0.05, 0.1) is 7.11 Å². The van der Waals surface area contributed by atoms with Crippen molar-refractivity contribution in [1.82, 2.24) is 15.2 Å². The van der Waals surface area contributed by atoms with Crippen LogP contribution in [-0.4, -0.2) is 33.2 Å². The van der Waals surface area contributed by atoms with Gasteiger partial charge in [0.15, 0.2) is 23.4 Å². The third-order valence-corrected chi connectivity index (χ3v) is 4.83. The number of benzene rings is 2. The molecule has 1 aliphatic heterocycles. The molecule has 1 aliphatic rings. The summed E-state index contributed by atoms with van der Waals surface area (Å²) in [6, 6.07) is 12.9. The van der Waals surface area contributed by atoms with Crippen LogP contribution in [-0.2, 0) is 0 Å². The highest BCUT2D eigenvalue weighted by molar-refractivity contribution is 7.99. The Hall–Kier alpha value is -3.00. The Kier molecular flexibility index (Phi) is 4.72. The fourth-order valence-electron chi connectivity index (χ4n) is 2.86. The number of thioether (sulfide) groups is 1. The Labute approximate surface area is 160 Å². The summed E-state index contributed by atoms with van der Waals surface area (Å²) in [5.74, 6) is 1.68. The van der Waals surface area contributed by atoms with Crippen molar-refractivity contribution in [2.24, 2.45) is 0 Å². The molecule has 7 nitrogen and oxygen atoms in total. The minimum Gasteiger partial charge on any atom is -0.504 e. The number of anilines is 1. The van der Waals surface area contributed by atoms with Crippen LogP contribution >= 0.6 is 11.8 Å². The normalized spacial score (nSPS) is 15.0. The Morgan fingerprint density at radius 3 is 2.85 bits per heavy atom. The van der Waals surface area contributed by atoms with Crippen LogP contribution in [0.1, 0.15) is 18.7 Å². The molecule has 4 rings (SSSR count). The molecule has 8 heteroatoms. The Balaban J connectivity index is 1.80. The zero-order valence-corrected chi connectivity index (χ0v) is 15.7. The number of hydrogen-bond donors (Lipinski definition) is 2. The van der Waals surface area contributed by atoms with Crippen molar-refractivity contribution in [2.45, 2.75) is 18.3 Å². The second-order valence-corrected chi connectivity index (χ2v) is 7.03. The van der Waals surface area contributed by atoms with Gasteiger partial charge in [-0.3, -0.25) is 0 Å². The molecule has 0 saturated carbocycles. The van der Waals surface area contributed by atoms with Gasteiger partial charge in [-0.25, -0.2) is 0 Å². The van der Waals surface area contributed by atoms with Gasteiger partial charge in [-0.2, -0.15) is 4.98 Å². The lowest BCUT2D eigenvalue weighted by Crippen LogP contribution is -2.17. The fourth-order valence-corrected chi connectivity index (χ4v) is 3.36. The summed E-state index contributed by atoms with van der Waals surface area (Å²) in [6.45, 7) is 2.03. The van der Waals surface area contributed by atoms with Gasteiger partial charge in [-0.15, -0.1) is 10.2 Å². The standard InChI is InChI=1S/C19H18N4O3S/c1-3-27-19-21-18-16(22-23-19)12-6-4-5-7-13(12)20-17(26-18)11-8-9-15(25-2)14(24)10-11/h4-10,17,20,24H,3H2,1-2H3. The molecule has 1 atom stereocenters. The van der Waals surface area contributed by atoms with Crippen LogP contribution in [0.3, 0.4) is 0 Å². The lowest BCUT2D eigenvalue weighted by Gasteiger charge is -2.20. The maximum Gasteiger partial charge on any atom is 0.247 e. The van der Waals surface area contributed by atoms with E-state index in [1.165, 1.54) is 18.9 Å². The number of aromatic nitrogens is 3. The third-order valence-electron chi connectivity index (χ3n) is 4.11. The first kappa shape index (κ1) is 17.4. The summed E-state index contributed by atoms with van der Waals surface area (Å²) >= 11 is 1.50. The average Bonchev–Trinajstić information content (AvgIpc) is 2.84. The number of nitrogens with zero attached hydrogens (tertiary/aromatic N) is 3. The van der Waals surface area contributed by atoms with Crippen molar-refractivity contribution < 1.29 is 14.6 Å². The van der Waals surface area contributed by atoms with Gasteiger partial charge in [-0.05, 0) is 30.0 Å². The number of methoxy groups -OCH3 is 1. The molecular weight excluding hydrogens is 364 g/mol. The number of para-hydroxylation sites is 1. The van der Waals surface area contributed by atoms with Gasteiger partial charge in [0.25, 0.3) is 0 Å². The van der Waals surface area contributed by atoms with E-state index in [0.29, 0.717) is 22.5 Å². The highest BCUT2D eigenvalue weighted by Gasteiger charge is 2.26. The molecule has 1 aromatic heterocycles. The minimum absolute atomic E-state index is 0.0428. The zero-order chi connectivity index (χ0) is 18.8. The number of ether oxygens (including phenoxy) is 2. The van der Waals surface area contributed by atoms with Crippen LogP contribution in [0.2, 0.25) is 0 Å². The van der Waals surface area contributed by atoms with Crippen molar-refractivity contribution in [3.05, 3.63) is 48.0 Å². The molecule has 2 heterocycles. The third kappa shape index (κ3) is 3.35. The summed E-state index contributed by atoms with van der Waals surface area (Å²) in [5, 5.41) is 22.6. The van der Waals surface area contributed by atoms with Crippen LogP contribution in [0.4, 0.5) is 5.69 Å². The fraction of sp³-hybridized carbons (Fsp3) is 0.211. The first-order valence-electron chi connectivity index (χ1n) is 8.46. The Morgan fingerprint density at radius 1 is 1.22 bits per heavy atom. The monoisotopic (exact) mass is 382 g/mol. The maximum absolute atomic E-state index is 10.1. The van der Waals surface area contributed by atoms with E-state index in [1.807, 2.05) is 37.3 Å². The van der Waals surface area contributed by atoms with E-state index in [0.717, 1.165) is 22.6 Å². The predicted octanol–water partition coefficient (Wildman–Crippen LogP) is 3.87. The Morgan fingerprint density at radius 2 is 2.07 bits per heavy atom. The quantitative estimate of drug-likeness (QED) is 0.658.